The lowest BCUT2D eigenvalue weighted by Crippen LogP contribution is -2.38. The summed E-state index contributed by atoms with van der Waals surface area (Å²) in [6, 6.07) is 11.5. The summed E-state index contributed by atoms with van der Waals surface area (Å²) in [6.45, 7) is 0.655. The molecule has 0 spiro atoms. The summed E-state index contributed by atoms with van der Waals surface area (Å²) < 4.78 is 10.7. The second kappa shape index (κ2) is 9.71. The lowest BCUT2D eigenvalue weighted by molar-refractivity contribution is -0.132. The van der Waals surface area contributed by atoms with Crippen molar-refractivity contribution in [3.63, 3.8) is 0 Å². The van der Waals surface area contributed by atoms with Gasteiger partial charge in [0.2, 0.25) is 5.91 Å². The van der Waals surface area contributed by atoms with E-state index in [1.54, 1.807) is 38.5 Å². The summed E-state index contributed by atoms with van der Waals surface area (Å²) in [5.41, 5.74) is 7.10. The molecule has 1 heterocycles. The molecule has 0 bridgehead atoms. The number of carbonyl (C=O) groups excluding carboxylic acids is 2. The second-order valence-electron chi connectivity index (χ2n) is 7.18. The molecular formula is C22H26ClN3O4. The third-order valence-corrected chi connectivity index (χ3v) is 5.59. The van der Waals surface area contributed by atoms with Gasteiger partial charge in [0.15, 0.2) is 11.5 Å². The summed E-state index contributed by atoms with van der Waals surface area (Å²) in [7, 11) is 3.18. The molecule has 2 aromatic carbocycles. The second-order valence-corrected chi connectivity index (χ2v) is 7.61. The van der Waals surface area contributed by atoms with Crippen molar-refractivity contribution in [2.75, 3.05) is 20.8 Å². The Morgan fingerprint density at radius 1 is 1.17 bits per heavy atom. The molecule has 160 valence electrons. The number of halogens is 1. The van der Waals surface area contributed by atoms with Crippen molar-refractivity contribution < 1.29 is 19.1 Å². The first-order valence-electron chi connectivity index (χ1n) is 9.75. The molecular weight excluding hydrogens is 406 g/mol. The Hall–Kier alpha value is -2.93. The van der Waals surface area contributed by atoms with Crippen LogP contribution < -0.4 is 20.5 Å². The highest BCUT2D eigenvalue weighted by Crippen LogP contribution is 2.37. The van der Waals surface area contributed by atoms with Crippen molar-refractivity contribution in [2.24, 2.45) is 5.73 Å². The van der Waals surface area contributed by atoms with Crippen molar-refractivity contribution in [2.45, 2.75) is 31.3 Å². The molecule has 0 saturated carbocycles. The third-order valence-electron chi connectivity index (χ3n) is 5.33. The summed E-state index contributed by atoms with van der Waals surface area (Å²) in [5.74, 6) is 1.22. The number of carbonyl (C=O) groups is 2. The van der Waals surface area contributed by atoms with Crippen LogP contribution in [0.3, 0.4) is 0 Å². The van der Waals surface area contributed by atoms with Crippen molar-refractivity contribution in [1.29, 1.82) is 0 Å². The minimum Gasteiger partial charge on any atom is -0.493 e. The standard InChI is InChI=1S/C22H26ClN3O4/c1-29-19-10-7-15(12-20(19)30-2)18-4-3-11-26(18)21(27)13-17(25-22(24)28)14-5-8-16(23)9-6-14/h5-10,12,17-18H,3-4,11,13H2,1-2H3,(H3,24,25,28)/t17-,18+/m1/s1. The Labute approximate surface area is 181 Å². The van der Waals surface area contributed by atoms with Crippen molar-refractivity contribution >= 4 is 23.5 Å². The molecule has 3 amide bonds. The number of nitrogens with two attached hydrogens (primary N) is 1. The van der Waals surface area contributed by atoms with Crippen LogP contribution in [-0.2, 0) is 4.79 Å². The Morgan fingerprint density at radius 3 is 2.50 bits per heavy atom. The molecule has 1 aliphatic rings. The molecule has 2 aromatic rings. The molecule has 0 aromatic heterocycles. The number of hydrogen-bond donors (Lipinski definition) is 2. The highest BCUT2D eigenvalue weighted by atomic mass is 35.5. The molecule has 0 unspecified atom stereocenters. The van der Waals surface area contributed by atoms with E-state index in [9.17, 15) is 9.59 Å². The fraction of sp³-hybridized carbons (Fsp3) is 0.364. The maximum Gasteiger partial charge on any atom is 0.312 e. The number of benzene rings is 2. The van der Waals surface area contributed by atoms with Gasteiger partial charge in [0.25, 0.3) is 0 Å². The van der Waals surface area contributed by atoms with E-state index in [2.05, 4.69) is 5.32 Å². The minimum absolute atomic E-state index is 0.0546. The zero-order valence-electron chi connectivity index (χ0n) is 17.1. The van der Waals surface area contributed by atoms with E-state index in [1.165, 1.54) is 0 Å². The van der Waals surface area contributed by atoms with E-state index in [0.29, 0.717) is 23.1 Å². The van der Waals surface area contributed by atoms with Crippen LogP contribution in [0.1, 0.15) is 42.5 Å². The van der Waals surface area contributed by atoms with Crippen LogP contribution in [0.4, 0.5) is 4.79 Å². The normalized spacial score (nSPS) is 16.8. The van der Waals surface area contributed by atoms with E-state index in [1.807, 2.05) is 23.1 Å². The first-order chi connectivity index (χ1) is 14.4. The molecule has 1 aliphatic heterocycles. The fourth-order valence-corrected chi connectivity index (χ4v) is 4.01. The number of nitrogens with zero attached hydrogens (tertiary/aromatic N) is 1. The highest BCUT2D eigenvalue weighted by molar-refractivity contribution is 6.30. The van der Waals surface area contributed by atoms with Crippen LogP contribution in [0.5, 0.6) is 11.5 Å². The van der Waals surface area contributed by atoms with Crippen LogP contribution in [0.2, 0.25) is 5.02 Å². The molecule has 0 aliphatic carbocycles. The van der Waals surface area contributed by atoms with E-state index in [4.69, 9.17) is 26.8 Å². The number of likely N-dealkylation sites (tertiary alicyclic amines) is 1. The van der Waals surface area contributed by atoms with E-state index >= 15 is 0 Å². The van der Waals surface area contributed by atoms with Crippen LogP contribution in [0.25, 0.3) is 0 Å². The Bertz CT molecular complexity index is 904. The molecule has 0 radical (unpaired) electrons. The van der Waals surface area contributed by atoms with Crippen LogP contribution in [-0.4, -0.2) is 37.6 Å². The first kappa shape index (κ1) is 21.8. The zero-order valence-corrected chi connectivity index (χ0v) is 17.8. The maximum atomic E-state index is 13.2. The largest absolute Gasteiger partial charge is 0.493 e. The molecule has 7 nitrogen and oxygen atoms in total. The van der Waals surface area contributed by atoms with Gasteiger partial charge >= 0.3 is 6.03 Å². The molecule has 3 rings (SSSR count). The molecule has 3 N–H and O–H groups in total. The van der Waals surface area contributed by atoms with Gasteiger partial charge in [0.1, 0.15) is 0 Å². The smallest absolute Gasteiger partial charge is 0.312 e. The predicted molar refractivity (Wildman–Crippen MR) is 115 cm³/mol. The number of methoxy groups -OCH3 is 2. The predicted octanol–water partition coefficient (Wildman–Crippen LogP) is 3.82. The lowest BCUT2D eigenvalue weighted by atomic mass is 10.0. The molecule has 1 saturated heterocycles. The van der Waals surface area contributed by atoms with Gasteiger partial charge in [0.05, 0.1) is 32.7 Å². The SMILES string of the molecule is COc1ccc([C@@H]2CCCN2C(=O)C[C@@H](NC(N)=O)c2ccc(Cl)cc2)cc1OC. The van der Waals surface area contributed by atoms with Gasteiger partial charge in [-0.2, -0.15) is 0 Å². The quantitative estimate of drug-likeness (QED) is 0.696. The summed E-state index contributed by atoms with van der Waals surface area (Å²) in [5, 5.41) is 3.25. The number of amides is 3. The number of hydrogen-bond acceptors (Lipinski definition) is 4. The van der Waals surface area contributed by atoms with Crippen molar-refractivity contribution in [1.82, 2.24) is 10.2 Å². The number of rotatable bonds is 7. The number of primary amides is 1. The van der Waals surface area contributed by atoms with Crippen LogP contribution in [0.15, 0.2) is 42.5 Å². The van der Waals surface area contributed by atoms with Gasteiger partial charge in [-0.1, -0.05) is 29.8 Å². The Kier molecular flexibility index (Phi) is 7.05. The van der Waals surface area contributed by atoms with Gasteiger partial charge in [-0.25, -0.2) is 4.79 Å². The van der Waals surface area contributed by atoms with Crippen molar-refractivity contribution in [3.8, 4) is 11.5 Å². The molecule has 2 atom stereocenters. The highest BCUT2D eigenvalue weighted by Gasteiger charge is 2.32. The van der Waals surface area contributed by atoms with Gasteiger partial charge in [0, 0.05) is 11.6 Å². The van der Waals surface area contributed by atoms with Crippen LogP contribution >= 0.6 is 11.6 Å². The maximum absolute atomic E-state index is 13.2. The summed E-state index contributed by atoms with van der Waals surface area (Å²) in [4.78, 5) is 26.5. The minimum atomic E-state index is -0.680. The first-order valence-corrected chi connectivity index (χ1v) is 10.1. The number of urea groups is 1. The van der Waals surface area contributed by atoms with Gasteiger partial charge < -0.3 is 25.4 Å². The average molecular weight is 432 g/mol. The number of ether oxygens (including phenoxy) is 2. The zero-order chi connectivity index (χ0) is 21.7. The molecule has 1 fully saturated rings. The lowest BCUT2D eigenvalue weighted by Gasteiger charge is -2.28. The van der Waals surface area contributed by atoms with E-state index in [0.717, 1.165) is 24.0 Å². The van der Waals surface area contributed by atoms with E-state index in [-0.39, 0.29) is 18.4 Å². The van der Waals surface area contributed by atoms with Crippen molar-refractivity contribution in [3.05, 3.63) is 58.6 Å². The fourth-order valence-electron chi connectivity index (χ4n) is 3.88. The van der Waals surface area contributed by atoms with E-state index < -0.39 is 12.1 Å². The summed E-state index contributed by atoms with van der Waals surface area (Å²) >= 11 is 5.96. The Balaban J connectivity index is 1.80. The monoisotopic (exact) mass is 431 g/mol. The van der Waals surface area contributed by atoms with Gasteiger partial charge in [-0.15, -0.1) is 0 Å². The molecule has 30 heavy (non-hydrogen) atoms. The average Bonchev–Trinajstić information content (AvgIpc) is 3.23. The Morgan fingerprint density at radius 2 is 1.87 bits per heavy atom. The number of nitrogens with one attached hydrogen (secondary N) is 1. The van der Waals surface area contributed by atoms with Gasteiger partial charge in [-0.3, -0.25) is 4.79 Å². The molecule has 8 heteroatoms. The van der Waals surface area contributed by atoms with Crippen LogP contribution in [0, 0.1) is 0 Å². The third kappa shape index (κ3) is 4.97. The van der Waals surface area contributed by atoms with Gasteiger partial charge in [-0.05, 0) is 48.2 Å². The topological polar surface area (TPSA) is 93.9 Å². The summed E-state index contributed by atoms with van der Waals surface area (Å²) in [6.07, 6.45) is 1.87.